The van der Waals surface area contributed by atoms with Gasteiger partial charge in [-0.25, -0.2) is 0 Å². The summed E-state index contributed by atoms with van der Waals surface area (Å²) in [7, 11) is 0. The molecule has 0 saturated heterocycles. The van der Waals surface area contributed by atoms with Crippen molar-refractivity contribution in [2.45, 2.75) is 38.6 Å². The van der Waals surface area contributed by atoms with Crippen LogP contribution >= 0.6 is 0 Å². The molecule has 2 rings (SSSR count). The summed E-state index contributed by atoms with van der Waals surface area (Å²) in [5, 5.41) is 6.31. The van der Waals surface area contributed by atoms with Crippen LogP contribution in [0, 0.1) is 0 Å². The molecule has 18 heavy (non-hydrogen) atoms. The fraction of sp³-hybridized carbons (Fsp3) is 0.533. The van der Waals surface area contributed by atoms with E-state index in [0.29, 0.717) is 12.5 Å². The van der Waals surface area contributed by atoms with Gasteiger partial charge in [0.2, 0.25) is 5.91 Å². The minimum absolute atomic E-state index is 0.140. The lowest BCUT2D eigenvalue weighted by Crippen LogP contribution is -2.37. The predicted molar refractivity (Wildman–Crippen MR) is 73.6 cm³/mol. The van der Waals surface area contributed by atoms with Crippen LogP contribution in [0.1, 0.15) is 30.9 Å². The maximum Gasteiger partial charge on any atom is 0.221 e. The largest absolute Gasteiger partial charge is 0.356 e. The molecule has 1 aliphatic rings. The van der Waals surface area contributed by atoms with E-state index in [1.807, 2.05) is 6.92 Å². The molecule has 1 aliphatic carbocycles. The Morgan fingerprint density at radius 1 is 1.33 bits per heavy atom. The molecule has 1 aromatic carbocycles. The van der Waals surface area contributed by atoms with Crippen LogP contribution in [0.2, 0.25) is 0 Å². The summed E-state index contributed by atoms with van der Waals surface area (Å²) < 4.78 is 0. The highest BCUT2D eigenvalue weighted by Gasteiger charge is 2.17. The molecule has 3 heteroatoms. The van der Waals surface area contributed by atoms with E-state index in [1.165, 1.54) is 17.5 Å². The maximum atomic E-state index is 11.3. The van der Waals surface area contributed by atoms with Crippen molar-refractivity contribution in [2.24, 2.45) is 0 Å². The first kappa shape index (κ1) is 13.1. The van der Waals surface area contributed by atoms with Gasteiger partial charge in [0.25, 0.3) is 0 Å². The molecule has 1 unspecified atom stereocenters. The van der Waals surface area contributed by atoms with Crippen LogP contribution in [0.4, 0.5) is 0 Å². The van der Waals surface area contributed by atoms with Gasteiger partial charge in [0.15, 0.2) is 0 Å². The van der Waals surface area contributed by atoms with Gasteiger partial charge in [-0.05, 0) is 37.3 Å². The number of hydrogen-bond donors (Lipinski definition) is 2. The second kappa shape index (κ2) is 6.55. The average Bonchev–Trinajstić information content (AvgIpc) is 2.39. The van der Waals surface area contributed by atoms with Crippen molar-refractivity contribution < 1.29 is 4.79 Å². The van der Waals surface area contributed by atoms with E-state index in [9.17, 15) is 4.79 Å². The number of fused-ring (bicyclic) bond motifs is 1. The summed E-state index contributed by atoms with van der Waals surface area (Å²) in [5.74, 6) is 0.140. The molecule has 0 fully saturated rings. The highest BCUT2D eigenvalue weighted by molar-refractivity contribution is 5.75. The highest BCUT2D eigenvalue weighted by Crippen LogP contribution is 2.20. The van der Waals surface area contributed by atoms with Crippen LogP contribution in [0.5, 0.6) is 0 Å². The van der Waals surface area contributed by atoms with Crippen LogP contribution in [0.25, 0.3) is 0 Å². The number of carbonyl (C=O) groups is 1. The van der Waals surface area contributed by atoms with Crippen molar-refractivity contribution >= 4 is 5.91 Å². The third-order valence-electron chi connectivity index (χ3n) is 3.51. The maximum absolute atomic E-state index is 11.3. The Bertz CT molecular complexity index is 403. The number of aryl methyl sites for hydroxylation is 1. The smallest absolute Gasteiger partial charge is 0.221 e. The molecule has 1 amide bonds. The number of carbonyl (C=O) groups excluding carboxylic acids is 1. The zero-order chi connectivity index (χ0) is 12.8. The minimum Gasteiger partial charge on any atom is -0.356 e. The second-order valence-electron chi connectivity index (χ2n) is 4.87. The van der Waals surface area contributed by atoms with Gasteiger partial charge >= 0.3 is 0 Å². The Balaban J connectivity index is 1.75. The fourth-order valence-electron chi connectivity index (χ4n) is 2.55. The first-order valence-corrected chi connectivity index (χ1v) is 6.86. The Hall–Kier alpha value is -1.35. The monoisotopic (exact) mass is 246 g/mol. The van der Waals surface area contributed by atoms with E-state index in [1.54, 1.807) is 0 Å². The van der Waals surface area contributed by atoms with E-state index in [-0.39, 0.29) is 5.91 Å². The lowest BCUT2D eigenvalue weighted by molar-refractivity contribution is -0.120. The van der Waals surface area contributed by atoms with Crippen molar-refractivity contribution in [1.29, 1.82) is 0 Å². The van der Waals surface area contributed by atoms with Gasteiger partial charge in [-0.2, -0.15) is 0 Å². The Labute approximate surface area is 109 Å². The van der Waals surface area contributed by atoms with E-state index in [0.717, 1.165) is 25.9 Å². The molecule has 0 radical (unpaired) electrons. The molecule has 3 nitrogen and oxygen atoms in total. The van der Waals surface area contributed by atoms with Gasteiger partial charge in [0.1, 0.15) is 0 Å². The Morgan fingerprint density at radius 3 is 2.89 bits per heavy atom. The summed E-state index contributed by atoms with van der Waals surface area (Å²) in [6, 6.07) is 9.18. The fourth-order valence-corrected chi connectivity index (χ4v) is 2.55. The summed E-state index contributed by atoms with van der Waals surface area (Å²) in [4.78, 5) is 11.3. The molecule has 0 spiro atoms. The third-order valence-corrected chi connectivity index (χ3v) is 3.51. The zero-order valence-corrected chi connectivity index (χ0v) is 11.0. The first-order valence-electron chi connectivity index (χ1n) is 6.86. The van der Waals surface area contributed by atoms with Gasteiger partial charge in [-0.15, -0.1) is 0 Å². The van der Waals surface area contributed by atoms with Gasteiger partial charge in [-0.1, -0.05) is 24.3 Å². The number of benzene rings is 1. The highest BCUT2D eigenvalue weighted by atomic mass is 16.1. The van der Waals surface area contributed by atoms with Crippen molar-refractivity contribution in [3.63, 3.8) is 0 Å². The normalized spacial score (nSPS) is 18.2. The predicted octanol–water partition coefficient (Wildman–Crippen LogP) is 1.66. The molecule has 98 valence electrons. The van der Waals surface area contributed by atoms with Crippen LogP contribution in [0.3, 0.4) is 0 Å². The summed E-state index contributed by atoms with van der Waals surface area (Å²) in [5.41, 5.74) is 2.94. The topological polar surface area (TPSA) is 41.1 Å². The zero-order valence-electron chi connectivity index (χ0n) is 11.0. The van der Waals surface area contributed by atoms with Gasteiger partial charge in [0, 0.05) is 25.6 Å². The summed E-state index contributed by atoms with van der Waals surface area (Å²) in [6.45, 7) is 3.44. The van der Waals surface area contributed by atoms with Crippen LogP contribution in [-0.2, 0) is 17.6 Å². The number of nitrogens with one attached hydrogen (secondary N) is 2. The number of hydrogen-bond acceptors (Lipinski definition) is 2. The van der Waals surface area contributed by atoms with E-state index < -0.39 is 0 Å². The summed E-state index contributed by atoms with van der Waals surface area (Å²) >= 11 is 0. The molecular formula is C15H22N2O. The van der Waals surface area contributed by atoms with E-state index >= 15 is 0 Å². The second-order valence-corrected chi connectivity index (χ2v) is 4.87. The van der Waals surface area contributed by atoms with Crippen LogP contribution in [0.15, 0.2) is 24.3 Å². The van der Waals surface area contributed by atoms with Crippen LogP contribution in [-0.4, -0.2) is 25.0 Å². The molecule has 2 N–H and O–H groups in total. The van der Waals surface area contributed by atoms with E-state index in [4.69, 9.17) is 0 Å². The molecule has 1 aromatic rings. The molecule has 0 heterocycles. The van der Waals surface area contributed by atoms with Crippen LogP contribution < -0.4 is 10.6 Å². The SMILES string of the molecule is CCNC(=O)CCNC1CCc2ccccc2C1. The van der Waals surface area contributed by atoms with E-state index in [2.05, 4.69) is 34.9 Å². The lowest BCUT2D eigenvalue weighted by Gasteiger charge is -2.25. The molecule has 0 saturated carbocycles. The van der Waals surface area contributed by atoms with Gasteiger partial charge < -0.3 is 10.6 Å². The van der Waals surface area contributed by atoms with Crippen molar-refractivity contribution in [3.05, 3.63) is 35.4 Å². The lowest BCUT2D eigenvalue weighted by atomic mass is 9.88. The number of rotatable bonds is 5. The molecular weight excluding hydrogens is 224 g/mol. The van der Waals surface area contributed by atoms with Gasteiger partial charge in [0.05, 0.1) is 0 Å². The third kappa shape index (κ3) is 3.57. The molecule has 0 aliphatic heterocycles. The molecule has 0 bridgehead atoms. The average molecular weight is 246 g/mol. The van der Waals surface area contributed by atoms with Gasteiger partial charge in [-0.3, -0.25) is 4.79 Å². The van der Waals surface area contributed by atoms with Crippen molar-refractivity contribution in [2.75, 3.05) is 13.1 Å². The minimum atomic E-state index is 0.140. The standard InChI is InChI=1S/C15H22N2O/c1-2-16-15(18)9-10-17-14-8-7-12-5-3-4-6-13(12)11-14/h3-6,14,17H,2,7-11H2,1H3,(H,16,18). The van der Waals surface area contributed by atoms with Crippen molar-refractivity contribution in [3.8, 4) is 0 Å². The summed E-state index contributed by atoms with van der Waals surface area (Å²) in [6.07, 6.45) is 3.99. The first-order chi connectivity index (χ1) is 8.79. The van der Waals surface area contributed by atoms with Crippen molar-refractivity contribution in [1.82, 2.24) is 10.6 Å². The Kier molecular flexibility index (Phi) is 4.76. The number of amides is 1. The molecule has 1 atom stereocenters. The Morgan fingerprint density at radius 2 is 2.11 bits per heavy atom. The molecule has 0 aromatic heterocycles. The quantitative estimate of drug-likeness (QED) is 0.829.